The Hall–Kier alpha value is 0.700. The molecule has 3 aliphatic carbocycles. The molecule has 0 spiro atoms. The number of halogens is 3. The quantitative estimate of drug-likeness (QED) is 0.623. The summed E-state index contributed by atoms with van der Waals surface area (Å²) in [6.07, 6.45) is 12.0. The first-order valence-electron chi connectivity index (χ1n) is 5.81. The van der Waals surface area contributed by atoms with Crippen molar-refractivity contribution in [1.29, 1.82) is 0 Å². The summed E-state index contributed by atoms with van der Waals surface area (Å²) in [5.74, 6) is 4.58. The van der Waals surface area contributed by atoms with Crippen LogP contribution in [0.2, 0.25) is 0 Å². The standard InChI is InChI=1S/C12H15Cl3S/c13-16(14,15)6-5-8-3-4-11-9-1-2-10(7-9)12(8)11/h1-4,8-12H,5-7H2. The van der Waals surface area contributed by atoms with Crippen LogP contribution in [0.3, 0.4) is 0 Å². The van der Waals surface area contributed by atoms with E-state index in [4.69, 9.17) is 32.0 Å². The third-order valence-corrected chi connectivity index (χ3v) is 6.43. The van der Waals surface area contributed by atoms with E-state index in [0.29, 0.717) is 5.92 Å². The maximum Gasteiger partial charge on any atom is 0.0170 e. The minimum atomic E-state index is -1.89. The average Bonchev–Trinajstić information content (AvgIpc) is 2.86. The van der Waals surface area contributed by atoms with Crippen molar-refractivity contribution in [1.82, 2.24) is 0 Å². The summed E-state index contributed by atoms with van der Waals surface area (Å²) in [5, 5.41) is 0. The Morgan fingerprint density at radius 2 is 1.75 bits per heavy atom. The van der Waals surface area contributed by atoms with Crippen LogP contribution < -0.4 is 0 Å². The molecule has 3 rings (SSSR count). The Labute approximate surface area is 112 Å². The third-order valence-electron chi connectivity index (χ3n) is 4.34. The van der Waals surface area contributed by atoms with Crippen molar-refractivity contribution in [3.8, 4) is 0 Å². The minimum Gasteiger partial charge on any atom is -0.0848 e. The van der Waals surface area contributed by atoms with Gasteiger partial charge in [0.1, 0.15) is 0 Å². The fourth-order valence-corrected chi connectivity index (χ4v) is 5.07. The summed E-state index contributed by atoms with van der Waals surface area (Å²) in [6, 6.07) is 0. The van der Waals surface area contributed by atoms with Gasteiger partial charge in [0.25, 0.3) is 0 Å². The molecule has 5 unspecified atom stereocenters. The van der Waals surface area contributed by atoms with Crippen molar-refractivity contribution in [3.63, 3.8) is 0 Å². The molecule has 5 atom stereocenters. The van der Waals surface area contributed by atoms with Crippen LogP contribution in [-0.2, 0) is 0 Å². The van der Waals surface area contributed by atoms with Gasteiger partial charge in [0, 0.05) is 5.75 Å². The maximum atomic E-state index is 5.91. The highest BCUT2D eigenvalue weighted by atomic mass is 36.2. The molecular weight excluding hydrogens is 283 g/mol. The molecule has 1 fully saturated rings. The summed E-state index contributed by atoms with van der Waals surface area (Å²) in [5.41, 5.74) is 0. The molecular formula is C12H15Cl3S. The highest BCUT2D eigenvalue weighted by molar-refractivity contribution is 8.79. The van der Waals surface area contributed by atoms with Crippen molar-refractivity contribution in [2.24, 2.45) is 29.6 Å². The van der Waals surface area contributed by atoms with Crippen LogP contribution in [0.15, 0.2) is 24.3 Å². The summed E-state index contributed by atoms with van der Waals surface area (Å²) in [4.78, 5) is 0. The summed E-state index contributed by atoms with van der Waals surface area (Å²) in [6.45, 7) is 0. The van der Waals surface area contributed by atoms with E-state index >= 15 is 0 Å². The van der Waals surface area contributed by atoms with Gasteiger partial charge in [0.2, 0.25) is 0 Å². The molecule has 0 nitrogen and oxygen atoms in total. The zero-order chi connectivity index (χ0) is 11.3. The first-order chi connectivity index (χ1) is 7.54. The highest BCUT2D eigenvalue weighted by Gasteiger charge is 2.48. The number of fused-ring (bicyclic) bond motifs is 5. The van der Waals surface area contributed by atoms with Gasteiger partial charge in [-0.1, -0.05) is 24.3 Å². The number of hydrogen-bond donors (Lipinski definition) is 0. The fourth-order valence-electron chi connectivity index (χ4n) is 3.73. The second-order valence-corrected chi connectivity index (χ2v) is 12.7. The zero-order valence-corrected chi connectivity index (χ0v) is 11.9. The molecule has 0 aromatic rings. The smallest absolute Gasteiger partial charge is 0.0170 e. The van der Waals surface area contributed by atoms with Gasteiger partial charge in [-0.05, 0) is 82.1 Å². The first kappa shape index (κ1) is 11.8. The molecule has 3 aliphatic rings. The molecule has 0 radical (unpaired) electrons. The van der Waals surface area contributed by atoms with Crippen LogP contribution in [0, 0.1) is 29.6 Å². The van der Waals surface area contributed by atoms with Crippen molar-refractivity contribution in [3.05, 3.63) is 24.3 Å². The van der Waals surface area contributed by atoms with E-state index in [9.17, 15) is 0 Å². The maximum absolute atomic E-state index is 5.91. The molecule has 0 aromatic carbocycles. The first-order valence-corrected chi connectivity index (χ1v) is 10.1. The van der Waals surface area contributed by atoms with Crippen molar-refractivity contribution < 1.29 is 0 Å². The van der Waals surface area contributed by atoms with Crippen LogP contribution in [0.4, 0.5) is 0 Å². The Kier molecular flexibility index (Phi) is 3.03. The van der Waals surface area contributed by atoms with E-state index in [0.717, 1.165) is 35.8 Å². The molecule has 0 aromatic heterocycles. The largest absolute Gasteiger partial charge is 0.0848 e. The van der Waals surface area contributed by atoms with Crippen LogP contribution in [0.25, 0.3) is 0 Å². The molecule has 0 aliphatic heterocycles. The lowest BCUT2D eigenvalue weighted by Crippen LogP contribution is -2.21. The fraction of sp³-hybridized carbons (Fsp3) is 0.667. The van der Waals surface area contributed by atoms with Crippen molar-refractivity contribution in [2.45, 2.75) is 12.8 Å². The van der Waals surface area contributed by atoms with Gasteiger partial charge in [-0.15, -0.1) is 0 Å². The van der Waals surface area contributed by atoms with E-state index in [2.05, 4.69) is 24.3 Å². The van der Waals surface area contributed by atoms with Crippen LogP contribution in [0.1, 0.15) is 12.8 Å². The molecule has 90 valence electrons. The molecule has 0 N–H and O–H groups in total. The van der Waals surface area contributed by atoms with Crippen LogP contribution in [0.5, 0.6) is 0 Å². The summed E-state index contributed by atoms with van der Waals surface area (Å²) < 4.78 is 0. The van der Waals surface area contributed by atoms with E-state index < -0.39 is 7.67 Å². The van der Waals surface area contributed by atoms with E-state index in [-0.39, 0.29) is 0 Å². The monoisotopic (exact) mass is 296 g/mol. The van der Waals surface area contributed by atoms with Crippen LogP contribution in [-0.4, -0.2) is 5.75 Å². The second-order valence-electron chi connectivity index (χ2n) is 5.15. The topological polar surface area (TPSA) is 0 Å². The normalized spacial score (nSPS) is 45.3. The molecule has 2 bridgehead atoms. The molecule has 0 amide bonds. The summed E-state index contributed by atoms with van der Waals surface area (Å²) >= 11 is 0. The molecule has 1 saturated carbocycles. The lowest BCUT2D eigenvalue weighted by atomic mass is 9.79. The van der Waals surface area contributed by atoms with Gasteiger partial charge < -0.3 is 0 Å². The van der Waals surface area contributed by atoms with Gasteiger partial charge in [0.15, 0.2) is 0 Å². The Morgan fingerprint density at radius 3 is 2.50 bits per heavy atom. The SMILES string of the molecule is ClS(Cl)(Cl)CCC1C=CC2C3C=CC(C3)C12. The lowest BCUT2D eigenvalue weighted by molar-refractivity contribution is 0.305. The van der Waals surface area contributed by atoms with Crippen molar-refractivity contribution in [2.75, 3.05) is 5.75 Å². The minimum absolute atomic E-state index is 0.646. The van der Waals surface area contributed by atoms with Gasteiger partial charge in [0.05, 0.1) is 0 Å². The average molecular weight is 298 g/mol. The molecule has 16 heavy (non-hydrogen) atoms. The molecule has 0 saturated heterocycles. The van der Waals surface area contributed by atoms with E-state index in [1.807, 2.05) is 0 Å². The third kappa shape index (κ3) is 2.05. The lowest BCUT2D eigenvalue weighted by Gasteiger charge is -2.27. The Bertz CT molecular complexity index is 345. The number of rotatable bonds is 3. The second kappa shape index (κ2) is 4.12. The number of hydrogen-bond acceptors (Lipinski definition) is 0. The Morgan fingerprint density at radius 1 is 1.00 bits per heavy atom. The highest BCUT2D eigenvalue weighted by Crippen LogP contribution is 2.64. The van der Waals surface area contributed by atoms with E-state index in [1.54, 1.807) is 0 Å². The van der Waals surface area contributed by atoms with Gasteiger partial charge in [-0.2, -0.15) is 0 Å². The zero-order valence-electron chi connectivity index (χ0n) is 8.86. The van der Waals surface area contributed by atoms with Crippen LogP contribution >= 0.6 is 39.7 Å². The predicted molar refractivity (Wildman–Crippen MR) is 75.0 cm³/mol. The summed E-state index contributed by atoms with van der Waals surface area (Å²) in [7, 11) is 15.8. The van der Waals surface area contributed by atoms with Gasteiger partial charge in [-0.25, -0.2) is 0 Å². The van der Waals surface area contributed by atoms with Gasteiger partial charge in [-0.3, -0.25) is 0 Å². The van der Waals surface area contributed by atoms with Gasteiger partial charge >= 0.3 is 0 Å². The molecule has 0 heterocycles. The van der Waals surface area contributed by atoms with Crippen molar-refractivity contribution >= 4 is 39.7 Å². The molecule has 4 heteroatoms. The van der Waals surface area contributed by atoms with E-state index in [1.165, 1.54) is 6.42 Å². The Balaban J connectivity index is 1.66. The predicted octanol–water partition coefficient (Wildman–Crippen LogP) is 5.27. The number of allylic oxidation sites excluding steroid dienone is 4.